The minimum Gasteiger partial charge on any atom is -0.497 e. The average molecular weight is 341 g/mol. The Kier molecular flexibility index (Phi) is 6.39. The van der Waals surface area contributed by atoms with E-state index in [1.807, 2.05) is 37.3 Å². The number of carbonyl (C=O) groups excluding carboxylic acids is 2. The van der Waals surface area contributed by atoms with Crippen LogP contribution in [-0.2, 0) is 9.59 Å². The maximum Gasteiger partial charge on any atom is 0.243 e. The van der Waals surface area contributed by atoms with Gasteiger partial charge < -0.3 is 20.7 Å². The molecule has 0 aliphatic carbocycles. The SMILES string of the molecule is CCC(=O)Nc1cc(NCC(=O)Nc2cccc(OC)c2)ccc1C. The third-order valence-electron chi connectivity index (χ3n) is 3.64. The first-order valence-corrected chi connectivity index (χ1v) is 8.10. The van der Waals surface area contributed by atoms with Gasteiger partial charge in [0.1, 0.15) is 5.75 Å². The van der Waals surface area contributed by atoms with Crippen molar-refractivity contribution in [1.29, 1.82) is 0 Å². The summed E-state index contributed by atoms with van der Waals surface area (Å²) in [5, 5.41) is 8.71. The smallest absolute Gasteiger partial charge is 0.243 e. The second-order valence-electron chi connectivity index (χ2n) is 5.57. The predicted molar refractivity (Wildman–Crippen MR) is 100 cm³/mol. The summed E-state index contributed by atoms with van der Waals surface area (Å²) in [6, 6.07) is 12.8. The molecule has 3 N–H and O–H groups in total. The molecule has 2 amide bonds. The Balaban J connectivity index is 1.94. The standard InChI is InChI=1S/C19H23N3O3/c1-4-18(23)22-17-11-14(9-8-13(17)2)20-12-19(24)21-15-6-5-7-16(10-15)25-3/h5-11,20H,4,12H2,1-3H3,(H,21,24)(H,22,23). The topological polar surface area (TPSA) is 79.5 Å². The average Bonchev–Trinajstić information content (AvgIpc) is 2.62. The largest absolute Gasteiger partial charge is 0.497 e. The fourth-order valence-corrected chi connectivity index (χ4v) is 2.19. The Morgan fingerprint density at radius 3 is 2.52 bits per heavy atom. The number of hydrogen-bond acceptors (Lipinski definition) is 4. The highest BCUT2D eigenvalue weighted by Crippen LogP contribution is 2.21. The molecule has 0 spiro atoms. The van der Waals surface area contributed by atoms with Crippen molar-refractivity contribution in [2.75, 3.05) is 29.6 Å². The molecule has 0 unspecified atom stereocenters. The normalized spacial score (nSPS) is 10.0. The lowest BCUT2D eigenvalue weighted by molar-refractivity contribution is -0.116. The summed E-state index contributed by atoms with van der Waals surface area (Å²) in [7, 11) is 1.58. The van der Waals surface area contributed by atoms with Gasteiger partial charge >= 0.3 is 0 Å². The number of aryl methyl sites for hydroxylation is 1. The van der Waals surface area contributed by atoms with Crippen molar-refractivity contribution in [3.05, 3.63) is 48.0 Å². The van der Waals surface area contributed by atoms with Crippen molar-refractivity contribution >= 4 is 28.9 Å². The van der Waals surface area contributed by atoms with E-state index in [1.165, 1.54) is 0 Å². The summed E-state index contributed by atoms with van der Waals surface area (Å²) >= 11 is 0. The quantitative estimate of drug-likeness (QED) is 0.721. The molecule has 0 radical (unpaired) electrons. The summed E-state index contributed by atoms with van der Waals surface area (Å²) in [5.41, 5.74) is 3.14. The fourth-order valence-electron chi connectivity index (χ4n) is 2.19. The monoisotopic (exact) mass is 341 g/mol. The number of rotatable bonds is 7. The van der Waals surface area contributed by atoms with E-state index >= 15 is 0 Å². The van der Waals surface area contributed by atoms with Crippen molar-refractivity contribution in [3.8, 4) is 5.75 Å². The van der Waals surface area contributed by atoms with Gasteiger partial charge in [-0.05, 0) is 36.8 Å². The maximum absolute atomic E-state index is 12.1. The lowest BCUT2D eigenvalue weighted by atomic mass is 10.1. The minimum atomic E-state index is -0.173. The molecule has 0 aliphatic rings. The molecule has 2 rings (SSSR count). The molecule has 2 aromatic carbocycles. The number of benzene rings is 2. The highest BCUT2D eigenvalue weighted by Gasteiger charge is 2.06. The molecular weight excluding hydrogens is 318 g/mol. The zero-order chi connectivity index (χ0) is 18.2. The molecule has 0 aliphatic heterocycles. The van der Waals surface area contributed by atoms with E-state index in [2.05, 4.69) is 16.0 Å². The van der Waals surface area contributed by atoms with Crippen LogP contribution in [0.5, 0.6) is 5.75 Å². The van der Waals surface area contributed by atoms with E-state index in [1.54, 1.807) is 26.2 Å². The van der Waals surface area contributed by atoms with Gasteiger partial charge in [0.25, 0.3) is 0 Å². The molecule has 25 heavy (non-hydrogen) atoms. The third-order valence-corrected chi connectivity index (χ3v) is 3.64. The molecule has 0 saturated carbocycles. The Morgan fingerprint density at radius 2 is 1.80 bits per heavy atom. The van der Waals surface area contributed by atoms with Crippen LogP contribution in [0.3, 0.4) is 0 Å². The van der Waals surface area contributed by atoms with Crippen LogP contribution in [0.15, 0.2) is 42.5 Å². The molecule has 6 nitrogen and oxygen atoms in total. The zero-order valence-electron chi connectivity index (χ0n) is 14.7. The Labute approximate surface area is 147 Å². The van der Waals surface area contributed by atoms with Gasteiger partial charge in [-0.25, -0.2) is 0 Å². The predicted octanol–water partition coefficient (Wildman–Crippen LogP) is 3.40. The summed E-state index contributed by atoms with van der Waals surface area (Å²) in [5.74, 6) is 0.463. The van der Waals surface area contributed by atoms with Gasteiger partial charge in [-0.15, -0.1) is 0 Å². The fraction of sp³-hybridized carbons (Fsp3) is 0.263. The van der Waals surface area contributed by atoms with Crippen LogP contribution in [0.25, 0.3) is 0 Å². The number of anilines is 3. The molecule has 0 aromatic heterocycles. The number of nitrogens with one attached hydrogen (secondary N) is 3. The number of methoxy groups -OCH3 is 1. The van der Waals surface area contributed by atoms with Crippen molar-refractivity contribution in [1.82, 2.24) is 0 Å². The number of ether oxygens (including phenoxy) is 1. The van der Waals surface area contributed by atoms with Gasteiger partial charge in [-0.2, -0.15) is 0 Å². The van der Waals surface area contributed by atoms with E-state index in [-0.39, 0.29) is 18.4 Å². The van der Waals surface area contributed by atoms with Crippen molar-refractivity contribution < 1.29 is 14.3 Å². The lowest BCUT2D eigenvalue weighted by Crippen LogP contribution is -2.21. The van der Waals surface area contributed by atoms with Crippen molar-refractivity contribution in [3.63, 3.8) is 0 Å². The summed E-state index contributed by atoms with van der Waals surface area (Å²) in [6.07, 6.45) is 0.417. The molecule has 0 heterocycles. The first kappa shape index (κ1) is 18.3. The van der Waals surface area contributed by atoms with Crippen LogP contribution in [-0.4, -0.2) is 25.5 Å². The van der Waals surface area contributed by atoms with Crippen LogP contribution in [0, 0.1) is 6.92 Å². The first-order chi connectivity index (χ1) is 12.0. The van der Waals surface area contributed by atoms with E-state index in [0.29, 0.717) is 17.9 Å². The molecule has 0 saturated heterocycles. The molecule has 0 bridgehead atoms. The number of amides is 2. The molecule has 6 heteroatoms. The molecule has 0 fully saturated rings. The Hall–Kier alpha value is -3.02. The Bertz CT molecular complexity index is 759. The summed E-state index contributed by atoms with van der Waals surface area (Å²) < 4.78 is 5.13. The Morgan fingerprint density at radius 1 is 1.00 bits per heavy atom. The number of carbonyl (C=O) groups is 2. The van der Waals surface area contributed by atoms with Gasteiger partial charge in [0.2, 0.25) is 11.8 Å². The van der Waals surface area contributed by atoms with E-state index in [0.717, 1.165) is 16.9 Å². The lowest BCUT2D eigenvalue weighted by Gasteiger charge is -2.12. The van der Waals surface area contributed by atoms with Crippen LogP contribution < -0.4 is 20.7 Å². The third kappa shape index (κ3) is 5.53. The zero-order valence-corrected chi connectivity index (χ0v) is 14.7. The van der Waals surface area contributed by atoms with Gasteiger partial charge in [-0.1, -0.05) is 19.1 Å². The second-order valence-corrected chi connectivity index (χ2v) is 5.57. The highest BCUT2D eigenvalue weighted by molar-refractivity contribution is 5.94. The van der Waals surface area contributed by atoms with Gasteiger partial charge in [-0.3, -0.25) is 9.59 Å². The van der Waals surface area contributed by atoms with Gasteiger partial charge in [0.05, 0.1) is 13.7 Å². The van der Waals surface area contributed by atoms with Crippen molar-refractivity contribution in [2.24, 2.45) is 0 Å². The summed E-state index contributed by atoms with van der Waals surface area (Å²) in [6.45, 7) is 3.83. The minimum absolute atomic E-state index is 0.0454. The van der Waals surface area contributed by atoms with E-state index in [4.69, 9.17) is 4.74 Å². The van der Waals surface area contributed by atoms with Crippen LogP contribution in [0.2, 0.25) is 0 Å². The van der Waals surface area contributed by atoms with Gasteiger partial charge in [0.15, 0.2) is 0 Å². The maximum atomic E-state index is 12.1. The van der Waals surface area contributed by atoms with Crippen molar-refractivity contribution in [2.45, 2.75) is 20.3 Å². The van der Waals surface area contributed by atoms with E-state index < -0.39 is 0 Å². The number of hydrogen-bond donors (Lipinski definition) is 3. The van der Waals surface area contributed by atoms with Crippen LogP contribution in [0.4, 0.5) is 17.1 Å². The van der Waals surface area contributed by atoms with E-state index in [9.17, 15) is 9.59 Å². The molecule has 0 atom stereocenters. The van der Waals surface area contributed by atoms with Crippen LogP contribution in [0.1, 0.15) is 18.9 Å². The summed E-state index contributed by atoms with van der Waals surface area (Å²) in [4.78, 5) is 23.6. The molecule has 132 valence electrons. The van der Waals surface area contributed by atoms with Gasteiger partial charge in [0, 0.05) is 29.5 Å². The van der Waals surface area contributed by atoms with Crippen LogP contribution >= 0.6 is 0 Å². The molecular formula is C19H23N3O3. The highest BCUT2D eigenvalue weighted by atomic mass is 16.5. The first-order valence-electron chi connectivity index (χ1n) is 8.10. The second kappa shape index (κ2) is 8.73. The molecule has 2 aromatic rings.